The Morgan fingerprint density at radius 2 is 2.22 bits per heavy atom. The number of hydrogen-bond donors (Lipinski definition) is 2. The summed E-state index contributed by atoms with van der Waals surface area (Å²) in [5, 5.41) is 8.53. The number of nitrogens with zero attached hydrogens (tertiary/aromatic N) is 2. The van der Waals surface area contributed by atoms with Crippen molar-refractivity contribution in [1.82, 2.24) is 9.97 Å². The molecule has 0 radical (unpaired) electrons. The molecule has 2 N–H and O–H groups in total. The van der Waals surface area contributed by atoms with Crippen molar-refractivity contribution >= 4 is 39.0 Å². The molecule has 2 rings (SSSR count). The molecule has 0 aliphatic carbocycles. The normalized spacial score (nSPS) is 10.4. The van der Waals surface area contributed by atoms with Crippen LogP contribution in [-0.2, 0) is 6.54 Å². The van der Waals surface area contributed by atoms with Gasteiger partial charge in [0.05, 0.1) is 11.0 Å². The average Bonchev–Trinajstić information content (AvgIpc) is 2.76. The van der Waals surface area contributed by atoms with Gasteiger partial charge in [-0.1, -0.05) is 0 Å². The molecule has 2 aromatic heterocycles. The molecule has 6 heteroatoms. The minimum Gasteiger partial charge on any atom is -0.364 e. The van der Waals surface area contributed by atoms with E-state index in [0.29, 0.717) is 5.95 Å². The molecule has 0 aromatic carbocycles. The lowest BCUT2D eigenvalue weighted by molar-refractivity contribution is 1.05. The van der Waals surface area contributed by atoms with Crippen LogP contribution in [0.5, 0.6) is 0 Å². The van der Waals surface area contributed by atoms with Crippen molar-refractivity contribution in [1.29, 1.82) is 0 Å². The van der Waals surface area contributed by atoms with E-state index in [2.05, 4.69) is 54.9 Å². The van der Waals surface area contributed by atoms with Gasteiger partial charge in [-0.25, -0.2) is 4.98 Å². The van der Waals surface area contributed by atoms with Crippen LogP contribution in [0.1, 0.15) is 17.4 Å². The summed E-state index contributed by atoms with van der Waals surface area (Å²) in [6.07, 6.45) is 1.76. The van der Waals surface area contributed by atoms with E-state index in [1.54, 1.807) is 17.5 Å². The van der Waals surface area contributed by atoms with E-state index in [9.17, 15) is 0 Å². The third-order valence-electron chi connectivity index (χ3n) is 2.46. The molecule has 4 nitrogen and oxygen atoms in total. The third-order valence-corrected chi connectivity index (χ3v) is 4.07. The highest BCUT2D eigenvalue weighted by atomic mass is 79.9. The standard InChI is InChI=1S/C12H15BrN4S/c1-3-14-12-16-6-9(13)11(17-12)15-7-10-8(2)4-5-18-10/h4-6H,3,7H2,1-2H3,(H2,14,15,16,17). The monoisotopic (exact) mass is 326 g/mol. The van der Waals surface area contributed by atoms with Crippen molar-refractivity contribution in [2.45, 2.75) is 20.4 Å². The van der Waals surface area contributed by atoms with Gasteiger partial charge in [0.15, 0.2) is 0 Å². The fourth-order valence-corrected chi connectivity index (χ4v) is 2.66. The first-order valence-corrected chi connectivity index (χ1v) is 7.41. The van der Waals surface area contributed by atoms with Crippen LogP contribution in [0.25, 0.3) is 0 Å². The van der Waals surface area contributed by atoms with E-state index in [4.69, 9.17) is 0 Å². The Morgan fingerprint density at radius 1 is 1.39 bits per heavy atom. The van der Waals surface area contributed by atoms with Crippen LogP contribution >= 0.6 is 27.3 Å². The van der Waals surface area contributed by atoms with Gasteiger partial charge in [-0.15, -0.1) is 11.3 Å². The van der Waals surface area contributed by atoms with E-state index >= 15 is 0 Å². The lowest BCUT2D eigenvalue weighted by Crippen LogP contribution is -2.06. The van der Waals surface area contributed by atoms with E-state index in [1.807, 2.05) is 6.92 Å². The number of nitrogens with one attached hydrogen (secondary N) is 2. The number of thiophene rings is 1. The largest absolute Gasteiger partial charge is 0.364 e. The Kier molecular flexibility index (Phi) is 4.54. The van der Waals surface area contributed by atoms with Gasteiger partial charge in [-0.3, -0.25) is 0 Å². The van der Waals surface area contributed by atoms with Crippen molar-refractivity contribution in [3.05, 3.63) is 32.6 Å². The number of aromatic nitrogens is 2. The first-order chi connectivity index (χ1) is 8.70. The molecule has 2 aromatic rings. The summed E-state index contributed by atoms with van der Waals surface area (Å²) in [4.78, 5) is 9.92. The second-order valence-electron chi connectivity index (χ2n) is 3.80. The Balaban J connectivity index is 2.08. The highest BCUT2D eigenvalue weighted by Crippen LogP contribution is 2.22. The molecule has 0 unspecified atom stereocenters. The number of hydrogen-bond acceptors (Lipinski definition) is 5. The fourth-order valence-electron chi connectivity index (χ4n) is 1.48. The van der Waals surface area contributed by atoms with E-state index in [0.717, 1.165) is 23.4 Å². The molecule has 0 bridgehead atoms. The molecule has 0 aliphatic heterocycles. The minimum atomic E-state index is 0.645. The Morgan fingerprint density at radius 3 is 2.89 bits per heavy atom. The lowest BCUT2D eigenvalue weighted by atomic mass is 10.3. The molecule has 0 spiro atoms. The van der Waals surface area contributed by atoms with Crippen LogP contribution in [0.4, 0.5) is 11.8 Å². The summed E-state index contributed by atoms with van der Waals surface area (Å²) in [5.41, 5.74) is 1.31. The van der Waals surface area contributed by atoms with Crippen molar-refractivity contribution in [3.63, 3.8) is 0 Å². The van der Waals surface area contributed by atoms with E-state index < -0.39 is 0 Å². The maximum absolute atomic E-state index is 4.42. The van der Waals surface area contributed by atoms with Crippen LogP contribution in [0.3, 0.4) is 0 Å². The molecule has 0 amide bonds. The average molecular weight is 327 g/mol. The summed E-state index contributed by atoms with van der Waals surface area (Å²) < 4.78 is 0.873. The molecule has 18 heavy (non-hydrogen) atoms. The molecule has 0 aliphatic rings. The predicted octanol–water partition coefficient (Wildman–Crippen LogP) is 3.65. The Hall–Kier alpha value is -1.14. The second kappa shape index (κ2) is 6.15. The molecule has 0 fully saturated rings. The SMILES string of the molecule is CCNc1ncc(Br)c(NCc2sccc2C)n1. The molecule has 2 heterocycles. The van der Waals surface area contributed by atoms with Crippen molar-refractivity contribution < 1.29 is 0 Å². The highest BCUT2D eigenvalue weighted by Gasteiger charge is 2.06. The molecular weight excluding hydrogens is 312 g/mol. The van der Waals surface area contributed by atoms with Gasteiger partial charge in [-0.05, 0) is 46.8 Å². The summed E-state index contributed by atoms with van der Waals surface area (Å²) in [6, 6.07) is 2.13. The molecule has 96 valence electrons. The number of anilines is 2. The van der Waals surface area contributed by atoms with Crippen LogP contribution < -0.4 is 10.6 Å². The van der Waals surface area contributed by atoms with Crippen molar-refractivity contribution in [2.75, 3.05) is 17.2 Å². The molecular formula is C12H15BrN4S. The Labute approximate surface area is 119 Å². The quantitative estimate of drug-likeness (QED) is 0.880. The van der Waals surface area contributed by atoms with Crippen LogP contribution in [0, 0.1) is 6.92 Å². The molecule has 0 atom stereocenters. The fraction of sp³-hybridized carbons (Fsp3) is 0.333. The number of rotatable bonds is 5. The van der Waals surface area contributed by atoms with Crippen LogP contribution in [-0.4, -0.2) is 16.5 Å². The maximum Gasteiger partial charge on any atom is 0.224 e. The Bertz CT molecular complexity index is 527. The summed E-state index contributed by atoms with van der Waals surface area (Å²) in [6.45, 7) is 5.73. The van der Waals surface area contributed by atoms with Crippen molar-refractivity contribution in [3.8, 4) is 0 Å². The van der Waals surface area contributed by atoms with Gasteiger partial charge >= 0.3 is 0 Å². The van der Waals surface area contributed by atoms with Gasteiger partial charge in [0.2, 0.25) is 5.95 Å². The number of aryl methyl sites for hydroxylation is 1. The van der Waals surface area contributed by atoms with Gasteiger partial charge < -0.3 is 10.6 Å². The zero-order chi connectivity index (χ0) is 13.0. The summed E-state index contributed by atoms with van der Waals surface area (Å²) in [7, 11) is 0. The third kappa shape index (κ3) is 3.20. The zero-order valence-electron chi connectivity index (χ0n) is 10.3. The van der Waals surface area contributed by atoms with Crippen molar-refractivity contribution in [2.24, 2.45) is 0 Å². The van der Waals surface area contributed by atoms with E-state index in [-0.39, 0.29) is 0 Å². The zero-order valence-corrected chi connectivity index (χ0v) is 12.7. The first kappa shape index (κ1) is 13.3. The predicted molar refractivity (Wildman–Crippen MR) is 80.3 cm³/mol. The minimum absolute atomic E-state index is 0.645. The first-order valence-electron chi connectivity index (χ1n) is 5.74. The van der Waals surface area contributed by atoms with Gasteiger partial charge in [-0.2, -0.15) is 4.98 Å². The summed E-state index contributed by atoms with van der Waals surface area (Å²) >= 11 is 5.20. The van der Waals surface area contributed by atoms with Crippen LogP contribution in [0.15, 0.2) is 22.1 Å². The molecule has 0 saturated heterocycles. The smallest absolute Gasteiger partial charge is 0.224 e. The molecule has 0 saturated carbocycles. The maximum atomic E-state index is 4.42. The van der Waals surface area contributed by atoms with Gasteiger partial charge in [0, 0.05) is 17.6 Å². The topological polar surface area (TPSA) is 49.8 Å². The second-order valence-corrected chi connectivity index (χ2v) is 5.66. The number of halogens is 1. The van der Waals surface area contributed by atoms with Crippen LogP contribution in [0.2, 0.25) is 0 Å². The van der Waals surface area contributed by atoms with Gasteiger partial charge in [0.25, 0.3) is 0 Å². The van der Waals surface area contributed by atoms with Gasteiger partial charge in [0.1, 0.15) is 5.82 Å². The summed E-state index contributed by atoms with van der Waals surface area (Å²) in [5.74, 6) is 1.46. The van der Waals surface area contributed by atoms with E-state index in [1.165, 1.54) is 10.4 Å². The lowest BCUT2D eigenvalue weighted by Gasteiger charge is -2.09. The highest BCUT2D eigenvalue weighted by molar-refractivity contribution is 9.10.